The van der Waals surface area contributed by atoms with Crippen molar-refractivity contribution in [3.8, 4) is 0 Å². The number of aliphatic hydroxyl groups excluding tert-OH is 1. The Morgan fingerprint density at radius 2 is 2.21 bits per heavy atom. The van der Waals surface area contributed by atoms with Crippen LogP contribution in [0.1, 0.15) is 26.0 Å². The molecule has 0 saturated carbocycles. The summed E-state index contributed by atoms with van der Waals surface area (Å²) in [6.07, 6.45) is 3.32. The topological polar surface area (TPSA) is 58.0 Å². The second-order valence-corrected chi connectivity index (χ2v) is 3.18. The Morgan fingerprint density at radius 1 is 1.43 bits per heavy atom. The van der Waals surface area contributed by atoms with Gasteiger partial charge >= 0.3 is 0 Å². The summed E-state index contributed by atoms with van der Waals surface area (Å²) in [5.74, 6) is 0.790. The maximum atomic E-state index is 9.01. The van der Waals surface area contributed by atoms with E-state index < -0.39 is 0 Å². The summed E-state index contributed by atoms with van der Waals surface area (Å²) in [6.45, 7) is 4.20. The molecule has 0 fully saturated rings. The summed E-state index contributed by atoms with van der Waals surface area (Å²) in [5.41, 5.74) is 1.01. The van der Waals surface area contributed by atoms with Gasteiger partial charge in [-0.05, 0) is 12.8 Å². The zero-order valence-corrected chi connectivity index (χ0v) is 8.70. The van der Waals surface area contributed by atoms with E-state index in [0.29, 0.717) is 0 Å². The molecule has 1 aromatic rings. The normalized spacial score (nSPS) is 12.5. The number of hydrogen-bond acceptors (Lipinski definition) is 4. The third kappa shape index (κ3) is 2.96. The Bertz CT molecular complexity index is 274. The number of anilines is 1. The lowest BCUT2D eigenvalue weighted by molar-refractivity contribution is 0.271. The van der Waals surface area contributed by atoms with Crippen LogP contribution in [0.5, 0.6) is 0 Å². The van der Waals surface area contributed by atoms with E-state index in [4.69, 9.17) is 5.11 Å². The summed E-state index contributed by atoms with van der Waals surface area (Å²) in [5, 5.41) is 12.2. The Morgan fingerprint density at radius 3 is 2.79 bits per heavy atom. The van der Waals surface area contributed by atoms with Gasteiger partial charge < -0.3 is 10.4 Å². The van der Waals surface area contributed by atoms with Gasteiger partial charge in [-0.15, -0.1) is 0 Å². The van der Waals surface area contributed by atoms with E-state index in [2.05, 4.69) is 22.2 Å². The summed E-state index contributed by atoms with van der Waals surface area (Å²) in [6, 6.07) is 1.99. The minimum absolute atomic E-state index is 0.0783. The molecule has 1 unspecified atom stereocenters. The monoisotopic (exact) mass is 195 g/mol. The number of rotatable bonds is 5. The zero-order chi connectivity index (χ0) is 10.4. The predicted octanol–water partition coefficient (Wildman–Crippen LogP) is 1.22. The second kappa shape index (κ2) is 5.54. The SMILES string of the molecule is CCc1cc(NC(CC)CO)ncn1. The van der Waals surface area contributed by atoms with Gasteiger partial charge in [-0.25, -0.2) is 9.97 Å². The molecule has 78 valence electrons. The molecule has 14 heavy (non-hydrogen) atoms. The molecule has 0 amide bonds. The number of nitrogens with zero attached hydrogens (tertiary/aromatic N) is 2. The van der Waals surface area contributed by atoms with Gasteiger partial charge in [0.2, 0.25) is 0 Å². The maximum absolute atomic E-state index is 9.01. The lowest BCUT2D eigenvalue weighted by Gasteiger charge is -2.14. The molecule has 4 nitrogen and oxygen atoms in total. The van der Waals surface area contributed by atoms with Crippen molar-refractivity contribution in [1.29, 1.82) is 0 Å². The van der Waals surface area contributed by atoms with Crippen LogP contribution in [0.4, 0.5) is 5.82 Å². The van der Waals surface area contributed by atoms with Crippen LogP contribution >= 0.6 is 0 Å². The van der Waals surface area contributed by atoms with E-state index >= 15 is 0 Å². The van der Waals surface area contributed by atoms with E-state index in [1.165, 1.54) is 0 Å². The van der Waals surface area contributed by atoms with Crippen LogP contribution in [0.3, 0.4) is 0 Å². The molecule has 0 aromatic carbocycles. The van der Waals surface area contributed by atoms with Gasteiger partial charge in [0.25, 0.3) is 0 Å². The molecule has 4 heteroatoms. The van der Waals surface area contributed by atoms with Gasteiger partial charge in [-0.1, -0.05) is 13.8 Å². The van der Waals surface area contributed by atoms with Crippen LogP contribution in [0, 0.1) is 0 Å². The quantitative estimate of drug-likeness (QED) is 0.741. The third-order valence-electron chi connectivity index (χ3n) is 2.15. The molecule has 0 spiro atoms. The van der Waals surface area contributed by atoms with Crippen LogP contribution < -0.4 is 5.32 Å². The van der Waals surface area contributed by atoms with E-state index in [9.17, 15) is 0 Å². The zero-order valence-electron chi connectivity index (χ0n) is 8.70. The molecular weight excluding hydrogens is 178 g/mol. The molecule has 1 atom stereocenters. The highest BCUT2D eigenvalue weighted by Crippen LogP contribution is 2.07. The molecule has 0 aliphatic carbocycles. The van der Waals surface area contributed by atoms with Crippen LogP contribution in [0.2, 0.25) is 0 Å². The minimum Gasteiger partial charge on any atom is -0.394 e. The van der Waals surface area contributed by atoms with Crippen molar-refractivity contribution in [2.24, 2.45) is 0 Å². The number of aromatic nitrogens is 2. The smallest absolute Gasteiger partial charge is 0.129 e. The summed E-state index contributed by atoms with van der Waals surface area (Å²) in [7, 11) is 0. The molecular formula is C10H17N3O. The highest BCUT2D eigenvalue weighted by atomic mass is 16.3. The molecule has 2 N–H and O–H groups in total. The van der Waals surface area contributed by atoms with Crippen LogP contribution in [0.15, 0.2) is 12.4 Å². The first-order valence-corrected chi connectivity index (χ1v) is 4.98. The average Bonchev–Trinajstić information content (AvgIpc) is 2.26. The molecule has 0 aliphatic heterocycles. The molecule has 0 radical (unpaired) electrons. The van der Waals surface area contributed by atoms with Gasteiger partial charge in [-0.3, -0.25) is 0 Å². The Labute approximate surface area is 84.4 Å². The minimum atomic E-state index is 0.0783. The maximum Gasteiger partial charge on any atom is 0.129 e. The van der Waals surface area contributed by atoms with Crippen molar-refractivity contribution in [1.82, 2.24) is 9.97 Å². The average molecular weight is 195 g/mol. The predicted molar refractivity (Wildman–Crippen MR) is 56.2 cm³/mol. The Kier molecular flexibility index (Phi) is 4.32. The third-order valence-corrected chi connectivity index (χ3v) is 2.15. The van der Waals surface area contributed by atoms with Gasteiger partial charge in [0.1, 0.15) is 12.1 Å². The highest BCUT2D eigenvalue weighted by Gasteiger charge is 2.04. The Balaban J connectivity index is 2.65. The van der Waals surface area contributed by atoms with Crippen molar-refractivity contribution < 1.29 is 5.11 Å². The van der Waals surface area contributed by atoms with Crippen molar-refractivity contribution in [3.63, 3.8) is 0 Å². The highest BCUT2D eigenvalue weighted by molar-refractivity contribution is 5.35. The lowest BCUT2D eigenvalue weighted by Crippen LogP contribution is -2.23. The van der Waals surface area contributed by atoms with Gasteiger partial charge in [-0.2, -0.15) is 0 Å². The standard InChI is InChI=1S/C10H17N3O/c1-3-8-5-10(12-7-11-8)13-9(4-2)6-14/h5,7,9,14H,3-4,6H2,1-2H3,(H,11,12,13). The molecule has 1 rings (SSSR count). The van der Waals surface area contributed by atoms with Crippen molar-refractivity contribution in [3.05, 3.63) is 18.1 Å². The van der Waals surface area contributed by atoms with Crippen LogP contribution in [-0.4, -0.2) is 27.7 Å². The van der Waals surface area contributed by atoms with Gasteiger partial charge in [0, 0.05) is 11.8 Å². The van der Waals surface area contributed by atoms with Crippen molar-refractivity contribution >= 4 is 5.82 Å². The second-order valence-electron chi connectivity index (χ2n) is 3.18. The first-order valence-electron chi connectivity index (χ1n) is 4.98. The van der Waals surface area contributed by atoms with E-state index in [1.54, 1.807) is 6.33 Å². The Hall–Kier alpha value is -1.16. The summed E-state index contributed by atoms with van der Waals surface area (Å²) in [4.78, 5) is 8.19. The molecule has 0 aliphatic rings. The van der Waals surface area contributed by atoms with Gasteiger partial charge in [0.15, 0.2) is 0 Å². The first kappa shape index (κ1) is 10.9. The fourth-order valence-corrected chi connectivity index (χ4v) is 1.16. The molecule has 1 heterocycles. The molecule has 0 bridgehead atoms. The van der Waals surface area contributed by atoms with Gasteiger partial charge in [0.05, 0.1) is 12.6 Å². The first-order chi connectivity index (χ1) is 6.80. The van der Waals surface area contributed by atoms with E-state index in [-0.39, 0.29) is 12.6 Å². The number of nitrogens with one attached hydrogen (secondary N) is 1. The number of hydrogen-bond donors (Lipinski definition) is 2. The molecule has 0 saturated heterocycles. The lowest BCUT2D eigenvalue weighted by atomic mass is 10.2. The fourth-order valence-electron chi connectivity index (χ4n) is 1.16. The number of aliphatic hydroxyl groups is 1. The number of aryl methyl sites for hydroxylation is 1. The van der Waals surface area contributed by atoms with E-state index in [0.717, 1.165) is 24.4 Å². The summed E-state index contributed by atoms with van der Waals surface area (Å²) >= 11 is 0. The van der Waals surface area contributed by atoms with E-state index in [1.807, 2.05) is 13.0 Å². The van der Waals surface area contributed by atoms with Crippen molar-refractivity contribution in [2.75, 3.05) is 11.9 Å². The largest absolute Gasteiger partial charge is 0.394 e. The summed E-state index contributed by atoms with van der Waals surface area (Å²) < 4.78 is 0. The van der Waals surface area contributed by atoms with Crippen LogP contribution in [0.25, 0.3) is 0 Å². The van der Waals surface area contributed by atoms with Crippen molar-refractivity contribution in [2.45, 2.75) is 32.7 Å². The van der Waals surface area contributed by atoms with Crippen LogP contribution in [-0.2, 0) is 6.42 Å². The fraction of sp³-hybridized carbons (Fsp3) is 0.600. The molecule has 1 aromatic heterocycles.